The van der Waals surface area contributed by atoms with Gasteiger partial charge in [-0.15, -0.1) is 0 Å². The van der Waals surface area contributed by atoms with E-state index in [2.05, 4.69) is 34.6 Å². The van der Waals surface area contributed by atoms with Crippen LogP contribution >= 0.6 is 0 Å². The van der Waals surface area contributed by atoms with Crippen LogP contribution in [-0.4, -0.2) is 29.7 Å². The molecule has 0 amide bonds. The molecule has 1 spiro atoms. The highest BCUT2D eigenvalue weighted by atomic mass is 16.7. The van der Waals surface area contributed by atoms with Gasteiger partial charge in [0.2, 0.25) is 0 Å². The molecule has 2 aliphatic rings. The first-order valence-corrected chi connectivity index (χ1v) is 5.78. The summed E-state index contributed by atoms with van der Waals surface area (Å²) in [7, 11) is 0. The zero-order valence-corrected chi connectivity index (χ0v) is 10.4. The van der Waals surface area contributed by atoms with Gasteiger partial charge in [0, 0.05) is 6.42 Å². The van der Waals surface area contributed by atoms with Gasteiger partial charge in [0.25, 0.3) is 0 Å². The molecular formula is C12H22O3. The maximum Gasteiger partial charge on any atom is 0.200 e. The molecule has 0 N–H and O–H groups in total. The van der Waals surface area contributed by atoms with Gasteiger partial charge >= 0.3 is 0 Å². The van der Waals surface area contributed by atoms with Gasteiger partial charge in [0.1, 0.15) is 5.60 Å². The predicted octanol–water partition coefficient (Wildman–Crippen LogP) is 2.49. The fourth-order valence-corrected chi connectivity index (χ4v) is 2.79. The van der Waals surface area contributed by atoms with Crippen molar-refractivity contribution in [1.29, 1.82) is 0 Å². The monoisotopic (exact) mass is 214 g/mol. The Labute approximate surface area is 92.1 Å². The minimum absolute atomic E-state index is 0.166. The third-order valence-corrected chi connectivity index (χ3v) is 3.36. The van der Waals surface area contributed by atoms with Crippen LogP contribution in [0.15, 0.2) is 0 Å². The highest BCUT2D eigenvalue weighted by Crippen LogP contribution is 2.49. The van der Waals surface area contributed by atoms with E-state index in [4.69, 9.17) is 14.2 Å². The van der Waals surface area contributed by atoms with Crippen LogP contribution in [0.2, 0.25) is 0 Å². The van der Waals surface area contributed by atoms with Crippen LogP contribution in [0.5, 0.6) is 0 Å². The van der Waals surface area contributed by atoms with Crippen molar-refractivity contribution < 1.29 is 14.2 Å². The number of hydrogen-bond donors (Lipinski definition) is 0. The molecule has 0 radical (unpaired) electrons. The van der Waals surface area contributed by atoms with Crippen LogP contribution in [0, 0.1) is 0 Å². The standard InChI is InChI=1S/C12H22O3/c1-9-6-7-13-12(14-9)8-10(2,3)15-11(12,4)5/h9H,6-8H2,1-5H3/t9-,12-/m0/s1. The first kappa shape index (κ1) is 11.4. The second-order valence-electron chi connectivity index (χ2n) is 5.87. The number of hydrogen-bond acceptors (Lipinski definition) is 3. The van der Waals surface area contributed by atoms with Gasteiger partial charge in [-0.05, 0) is 41.0 Å². The molecule has 0 aromatic heterocycles. The molecule has 0 aliphatic carbocycles. The van der Waals surface area contributed by atoms with E-state index >= 15 is 0 Å². The summed E-state index contributed by atoms with van der Waals surface area (Å²) in [6, 6.07) is 0. The minimum Gasteiger partial charge on any atom is -0.364 e. The van der Waals surface area contributed by atoms with Gasteiger partial charge in [-0.2, -0.15) is 0 Å². The van der Waals surface area contributed by atoms with Crippen molar-refractivity contribution in [2.75, 3.05) is 6.61 Å². The van der Waals surface area contributed by atoms with E-state index in [-0.39, 0.29) is 17.3 Å². The van der Waals surface area contributed by atoms with Crippen molar-refractivity contribution in [1.82, 2.24) is 0 Å². The quantitative estimate of drug-likeness (QED) is 0.620. The van der Waals surface area contributed by atoms with Crippen molar-refractivity contribution in [2.45, 2.75) is 70.6 Å². The Hall–Kier alpha value is -0.120. The molecule has 0 saturated carbocycles. The van der Waals surface area contributed by atoms with E-state index in [9.17, 15) is 0 Å². The molecule has 0 aromatic rings. The van der Waals surface area contributed by atoms with Crippen molar-refractivity contribution in [3.63, 3.8) is 0 Å². The maximum absolute atomic E-state index is 6.04. The topological polar surface area (TPSA) is 27.7 Å². The molecule has 88 valence electrons. The van der Waals surface area contributed by atoms with E-state index < -0.39 is 5.79 Å². The highest BCUT2D eigenvalue weighted by Gasteiger charge is 2.61. The molecule has 2 rings (SSSR count). The van der Waals surface area contributed by atoms with Crippen LogP contribution in [0.3, 0.4) is 0 Å². The first-order chi connectivity index (χ1) is 6.77. The fraction of sp³-hybridized carbons (Fsp3) is 1.00. The Balaban J connectivity index is 2.26. The summed E-state index contributed by atoms with van der Waals surface area (Å²) in [6.45, 7) is 11.2. The van der Waals surface area contributed by atoms with Gasteiger partial charge in [-0.1, -0.05) is 0 Å². The van der Waals surface area contributed by atoms with Gasteiger partial charge in [0.05, 0.1) is 18.3 Å². The molecule has 0 aromatic carbocycles. The second kappa shape index (κ2) is 3.19. The molecular weight excluding hydrogens is 192 g/mol. The van der Waals surface area contributed by atoms with E-state index in [0.29, 0.717) is 0 Å². The molecule has 3 heteroatoms. The Morgan fingerprint density at radius 1 is 1.13 bits per heavy atom. The van der Waals surface area contributed by atoms with Crippen LogP contribution in [0.4, 0.5) is 0 Å². The molecule has 2 fully saturated rings. The molecule has 2 aliphatic heterocycles. The van der Waals surface area contributed by atoms with Crippen LogP contribution in [0.25, 0.3) is 0 Å². The Kier molecular flexibility index (Phi) is 2.42. The largest absolute Gasteiger partial charge is 0.364 e. The lowest BCUT2D eigenvalue weighted by molar-refractivity contribution is -0.328. The van der Waals surface area contributed by atoms with Gasteiger partial charge in [-0.3, -0.25) is 0 Å². The van der Waals surface area contributed by atoms with E-state index in [1.807, 2.05) is 0 Å². The van der Waals surface area contributed by atoms with E-state index in [1.165, 1.54) is 0 Å². The molecule has 3 nitrogen and oxygen atoms in total. The van der Waals surface area contributed by atoms with E-state index in [1.54, 1.807) is 0 Å². The second-order valence-corrected chi connectivity index (χ2v) is 5.87. The van der Waals surface area contributed by atoms with Crippen molar-refractivity contribution >= 4 is 0 Å². The fourth-order valence-electron chi connectivity index (χ4n) is 2.79. The van der Waals surface area contributed by atoms with Crippen molar-refractivity contribution in [2.24, 2.45) is 0 Å². The molecule has 0 bridgehead atoms. The Morgan fingerprint density at radius 2 is 1.80 bits per heavy atom. The summed E-state index contributed by atoms with van der Waals surface area (Å²) in [5.41, 5.74) is -0.536. The molecule has 2 heterocycles. The first-order valence-electron chi connectivity index (χ1n) is 5.78. The summed E-state index contributed by atoms with van der Waals surface area (Å²) >= 11 is 0. The summed E-state index contributed by atoms with van der Waals surface area (Å²) in [5.74, 6) is -0.547. The normalized spacial score (nSPS) is 43.4. The summed E-state index contributed by atoms with van der Waals surface area (Å²) in [5, 5.41) is 0. The maximum atomic E-state index is 6.04. The molecule has 15 heavy (non-hydrogen) atoms. The Morgan fingerprint density at radius 3 is 2.27 bits per heavy atom. The lowest BCUT2D eigenvalue weighted by atomic mass is 9.91. The number of rotatable bonds is 0. The predicted molar refractivity (Wildman–Crippen MR) is 57.7 cm³/mol. The zero-order chi connectivity index (χ0) is 11.3. The highest BCUT2D eigenvalue weighted by molar-refractivity contribution is 5.03. The third-order valence-electron chi connectivity index (χ3n) is 3.36. The van der Waals surface area contributed by atoms with Gasteiger partial charge in [-0.25, -0.2) is 0 Å². The SMILES string of the molecule is C[C@H]1CCO[C@@]2(CC(C)(C)OC2(C)C)O1. The van der Waals surface area contributed by atoms with Crippen molar-refractivity contribution in [3.05, 3.63) is 0 Å². The van der Waals surface area contributed by atoms with E-state index in [0.717, 1.165) is 19.4 Å². The molecule has 2 saturated heterocycles. The summed E-state index contributed by atoms with van der Waals surface area (Å²) < 4.78 is 18.0. The minimum atomic E-state index is -0.547. The van der Waals surface area contributed by atoms with Crippen LogP contribution in [-0.2, 0) is 14.2 Å². The van der Waals surface area contributed by atoms with Crippen LogP contribution < -0.4 is 0 Å². The molecule has 2 atom stereocenters. The summed E-state index contributed by atoms with van der Waals surface area (Å²) in [6.07, 6.45) is 2.03. The zero-order valence-electron chi connectivity index (χ0n) is 10.4. The lowest BCUT2D eigenvalue weighted by Gasteiger charge is -2.44. The lowest BCUT2D eigenvalue weighted by Crippen LogP contribution is -2.55. The summed E-state index contributed by atoms with van der Waals surface area (Å²) in [4.78, 5) is 0. The smallest absolute Gasteiger partial charge is 0.200 e. The Bertz CT molecular complexity index is 260. The number of ether oxygens (including phenoxy) is 3. The van der Waals surface area contributed by atoms with Crippen molar-refractivity contribution in [3.8, 4) is 0 Å². The van der Waals surface area contributed by atoms with Gasteiger partial charge in [0.15, 0.2) is 5.79 Å². The average Bonchev–Trinajstić information content (AvgIpc) is 2.15. The average molecular weight is 214 g/mol. The molecule has 0 unspecified atom stereocenters. The van der Waals surface area contributed by atoms with Gasteiger partial charge < -0.3 is 14.2 Å². The van der Waals surface area contributed by atoms with Crippen LogP contribution in [0.1, 0.15) is 47.5 Å². The third kappa shape index (κ3) is 1.81.